The van der Waals surface area contributed by atoms with E-state index in [1.165, 1.54) is 0 Å². The molecule has 66 valence electrons. The molecule has 2 fully saturated rings. The number of carbonyl (C=O) groups is 2. The van der Waals surface area contributed by atoms with Crippen LogP contribution in [0.1, 0.15) is 26.7 Å². The highest BCUT2D eigenvalue weighted by Crippen LogP contribution is 2.33. The fourth-order valence-electron chi connectivity index (χ4n) is 2.12. The van der Waals surface area contributed by atoms with Crippen molar-refractivity contribution < 1.29 is 9.59 Å². The molecular weight excluding hydrogens is 156 g/mol. The van der Waals surface area contributed by atoms with E-state index in [4.69, 9.17) is 0 Å². The van der Waals surface area contributed by atoms with Gasteiger partial charge >= 0.3 is 0 Å². The van der Waals surface area contributed by atoms with E-state index in [0.29, 0.717) is 6.42 Å². The van der Waals surface area contributed by atoms with Gasteiger partial charge < -0.3 is 10.2 Å². The van der Waals surface area contributed by atoms with Gasteiger partial charge in [0.25, 0.3) is 0 Å². The van der Waals surface area contributed by atoms with Crippen molar-refractivity contribution in [3.05, 3.63) is 0 Å². The first-order chi connectivity index (χ1) is 5.54. The Labute approximate surface area is 70.9 Å². The molecule has 2 heterocycles. The summed E-state index contributed by atoms with van der Waals surface area (Å²) in [4.78, 5) is 24.2. The van der Waals surface area contributed by atoms with Crippen LogP contribution in [-0.4, -0.2) is 28.4 Å². The first-order valence-electron chi connectivity index (χ1n) is 4.19. The first-order valence-corrected chi connectivity index (χ1v) is 4.19. The van der Waals surface area contributed by atoms with Crippen LogP contribution in [0.4, 0.5) is 0 Å². The molecule has 2 aliphatic heterocycles. The van der Waals surface area contributed by atoms with Crippen molar-refractivity contribution in [3.8, 4) is 0 Å². The third-order valence-electron chi connectivity index (χ3n) is 2.79. The van der Waals surface area contributed by atoms with E-state index in [1.807, 2.05) is 6.92 Å². The van der Waals surface area contributed by atoms with Crippen LogP contribution >= 0.6 is 0 Å². The average Bonchev–Trinajstić information content (AvgIpc) is 2.36. The number of fused-ring (bicyclic) bond motifs is 1. The van der Waals surface area contributed by atoms with Gasteiger partial charge in [0.1, 0.15) is 11.7 Å². The number of hydrogen-bond donors (Lipinski definition) is 1. The van der Waals surface area contributed by atoms with Crippen LogP contribution < -0.4 is 5.32 Å². The third kappa shape index (κ3) is 0.722. The summed E-state index contributed by atoms with van der Waals surface area (Å²) in [6.45, 7) is 3.67. The second-order valence-electron chi connectivity index (χ2n) is 3.70. The molecule has 4 heteroatoms. The molecule has 0 aromatic rings. The summed E-state index contributed by atoms with van der Waals surface area (Å²) in [5.74, 6) is 0.0499. The lowest BCUT2D eigenvalue weighted by Gasteiger charge is -2.27. The van der Waals surface area contributed by atoms with Gasteiger partial charge in [0, 0.05) is 6.42 Å². The Morgan fingerprint density at radius 1 is 1.58 bits per heavy atom. The average molecular weight is 168 g/mol. The molecule has 1 unspecified atom stereocenters. The zero-order valence-electron chi connectivity index (χ0n) is 7.26. The van der Waals surface area contributed by atoms with E-state index in [2.05, 4.69) is 5.32 Å². The maximum absolute atomic E-state index is 11.4. The molecule has 0 aliphatic carbocycles. The van der Waals surface area contributed by atoms with Crippen molar-refractivity contribution in [1.82, 2.24) is 10.2 Å². The lowest BCUT2D eigenvalue weighted by atomic mass is 10.1. The second-order valence-corrected chi connectivity index (χ2v) is 3.70. The lowest BCUT2D eigenvalue weighted by Crippen LogP contribution is -2.46. The Hall–Kier alpha value is -1.06. The predicted molar refractivity (Wildman–Crippen MR) is 42.1 cm³/mol. The van der Waals surface area contributed by atoms with Gasteiger partial charge in [0.15, 0.2) is 0 Å². The van der Waals surface area contributed by atoms with Crippen molar-refractivity contribution in [2.75, 3.05) is 0 Å². The minimum atomic E-state index is -0.395. The fourth-order valence-corrected chi connectivity index (χ4v) is 2.12. The molecule has 4 nitrogen and oxygen atoms in total. The SMILES string of the molecule is C[C@H]1C(=O)NC2(C)CCC(=O)N12. The highest BCUT2D eigenvalue weighted by molar-refractivity contribution is 5.93. The number of hydrogen-bond acceptors (Lipinski definition) is 2. The molecule has 2 saturated heterocycles. The van der Waals surface area contributed by atoms with E-state index in [9.17, 15) is 9.59 Å². The van der Waals surface area contributed by atoms with E-state index in [-0.39, 0.29) is 17.9 Å². The minimum Gasteiger partial charge on any atom is -0.332 e. The molecule has 0 saturated carbocycles. The largest absolute Gasteiger partial charge is 0.332 e. The van der Waals surface area contributed by atoms with Gasteiger partial charge in [-0.2, -0.15) is 0 Å². The van der Waals surface area contributed by atoms with Crippen LogP contribution in [0.25, 0.3) is 0 Å². The van der Waals surface area contributed by atoms with Crippen molar-refractivity contribution in [3.63, 3.8) is 0 Å². The van der Waals surface area contributed by atoms with E-state index >= 15 is 0 Å². The molecular formula is C8H12N2O2. The smallest absolute Gasteiger partial charge is 0.244 e. The topological polar surface area (TPSA) is 49.4 Å². The molecule has 0 radical (unpaired) electrons. The van der Waals surface area contributed by atoms with Crippen molar-refractivity contribution in [2.45, 2.75) is 38.4 Å². The summed E-state index contributed by atoms with van der Waals surface area (Å²) in [7, 11) is 0. The van der Waals surface area contributed by atoms with Gasteiger partial charge in [-0.05, 0) is 20.3 Å². The molecule has 2 atom stereocenters. The molecule has 1 N–H and O–H groups in total. The van der Waals surface area contributed by atoms with E-state index in [0.717, 1.165) is 6.42 Å². The van der Waals surface area contributed by atoms with Crippen molar-refractivity contribution >= 4 is 11.8 Å². The Balaban J connectivity index is 2.37. The summed E-state index contributed by atoms with van der Waals surface area (Å²) in [6.07, 6.45) is 1.29. The summed E-state index contributed by atoms with van der Waals surface area (Å²) in [6, 6.07) is -0.287. The predicted octanol–water partition coefficient (Wildman–Crippen LogP) is -0.157. The van der Waals surface area contributed by atoms with E-state index < -0.39 is 5.66 Å². The van der Waals surface area contributed by atoms with Crippen LogP contribution in [0.5, 0.6) is 0 Å². The van der Waals surface area contributed by atoms with Gasteiger partial charge in [0.05, 0.1) is 0 Å². The Morgan fingerprint density at radius 2 is 2.25 bits per heavy atom. The first kappa shape index (κ1) is 7.58. The maximum Gasteiger partial charge on any atom is 0.244 e. The summed E-state index contributed by atoms with van der Waals surface area (Å²) < 4.78 is 0. The summed E-state index contributed by atoms with van der Waals surface area (Å²) >= 11 is 0. The Bertz CT molecular complexity index is 264. The number of nitrogens with zero attached hydrogens (tertiary/aromatic N) is 1. The third-order valence-corrected chi connectivity index (χ3v) is 2.79. The highest BCUT2D eigenvalue weighted by atomic mass is 16.2. The Morgan fingerprint density at radius 3 is 2.83 bits per heavy atom. The molecule has 0 bridgehead atoms. The van der Waals surface area contributed by atoms with Gasteiger partial charge in [-0.25, -0.2) is 0 Å². The lowest BCUT2D eigenvalue weighted by molar-refractivity contribution is -0.133. The number of rotatable bonds is 0. The normalized spacial score (nSPS) is 40.2. The Kier molecular flexibility index (Phi) is 1.26. The van der Waals surface area contributed by atoms with Crippen LogP contribution in [-0.2, 0) is 9.59 Å². The summed E-state index contributed by atoms with van der Waals surface area (Å²) in [5, 5.41) is 2.84. The molecule has 0 spiro atoms. The van der Waals surface area contributed by atoms with Crippen LogP contribution in [0.2, 0.25) is 0 Å². The minimum absolute atomic E-state index is 0.0365. The number of nitrogens with one attached hydrogen (secondary N) is 1. The zero-order valence-corrected chi connectivity index (χ0v) is 7.26. The zero-order chi connectivity index (χ0) is 8.93. The van der Waals surface area contributed by atoms with Gasteiger partial charge in [-0.15, -0.1) is 0 Å². The van der Waals surface area contributed by atoms with Gasteiger partial charge in [-0.1, -0.05) is 0 Å². The summed E-state index contributed by atoms with van der Waals surface area (Å²) in [5.41, 5.74) is -0.395. The van der Waals surface area contributed by atoms with Crippen molar-refractivity contribution in [1.29, 1.82) is 0 Å². The molecule has 0 aromatic carbocycles. The van der Waals surface area contributed by atoms with Crippen LogP contribution in [0, 0.1) is 0 Å². The molecule has 0 aromatic heterocycles. The maximum atomic E-state index is 11.4. The van der Waals surface area contributed by atoms with Gasteiger partial charge in [0.2, 0.25) is 11.8 Å². The van der Waals surface area contributed by atoms with Gasteiger partial charge in [-0.3, -0.25) is 9.59 Å². The van der Waals surface area contributed by atoms with Crippen LogP contribution in [0.3, 0.4) is 0 Å². The second kappa shape index (κ2) is 2.00. The highest BCUT2D eigenvalue weighted by Gasteiger charge is 2.52. The van der Waals surface area contributed by atoms with Crippen molar-refractivity contribution in [2.24, 2.45) is 0 Å². The monoisotopic (exact) mass is 168 g/mol. The standard InChI is InChI=1S/C8H12N2O2/c1-5-7(12)9-8(2)4-3-6(11)10(5)8/h5H,3-4H2,1-2H3,(H,9,12)/t5-,8?/m0/s1. The van der Waals surface area contributed by atoms with Crippen LogP contribution in [0.15, 0.2) is 0 Å². The quantitative estimate of drug-likeness (QED) is 0.546. The molecule has 2 rings (SSSR count). The molecule has 2 aliphatic rings. The molecule has 2 amide bonds. The number of amides is 2. The van der Waals surface area contributed by atoms with E-state index in [1.54, 1.807) is 11.8 Å². The molecule has 12 heavy (non-hydrogen) atoms. The number of carbonyl (C=O) groups excluding carboxylic acids is 2. The fraction of sp³-hybridized carbons (Fsp3) is 0.750.